The third-order valence-electron chi connectivity index (χ3n) is 13.3. The Kier molecular flexibility index (Phi) is 13.9. The summed E-state index contributed by atoms with van der Waals surface area (Å²) in [5.41, 5.74) is 4.37. The van der Waals surface area contributed by atoms with Crippen LogP contribution < -0.4 is 26.6 Å². The molecule has 1 aromatic heterocycles. The molecule has 1 fully saturated rings. The molecule has 0 aliphatic carbocycles. The molecule has 4 aliphatic heterocycles. The highest BCUT2D eigenvalue weighted by atomic mass is 31.2. The lowest BCUT2D eigenvalue weighted by Gasteiger charge is -2.29. The molecule has 0 saturated carbocycles. The number of halogens is 2. The number of aromatic nitrogens is 1. The number of hydrogen-bond donors (Lipinski definition) is 6. The Balaban J connectivity index is 0.951. The summed E-state index contributed by atoms with van der Waals surface area (Å²) in [5.74, 6) is 3.07. The van der Waals surface area contributed by atoms with E-state index in [2.05, 4.69) is 27.8 Å². The number of unbranched alkanes of at least 4 members (excludes halogenated alkanes) is 4. The Labute approximate surface area is 395 Å². The van der Waals surface area contributed by atoms with Crippen molar-refractivity contribution in [3.05, 3.63) is 99.7 Å². The molecule has 7 N–H and O–H groups in total. The molecule has 4 aliphatic rings. The van der Waals surface area contributed by atoms with E-state index in [4.69, 9.17) is 5.73 Å². The molecule has 1 saturated heterocycles. The molecule has 3 aromatic carbocycles. The average molecular weight is 968 g/mol. The predicted octanol–water partition coefficient (Wildman–Crippen LogP) is 4.40. The molecule has 8 rings (SSSR count). The number of nitrogens with one attached hydrogen (secondary N) is 3. The van der Waals surface area contributed by atoms with Gasteiger partial charge in [0.25, 0.3) is 11.8 Å². The number of carbonyl (C=O) groups excluding carboxylic acids is 7. The maximum Gasteiger partial charge on any atom is 0.399 e. The van der Waals surface area contributed by atoms with Gasteiger partial charge in [0.05, 0.1) is 5.69 Å². The summed E-state index contributed by atoms with van der Waals surface area (Å²) in [4.78, 5) is 113. The summed E-state index contributed by atoms with van der Waals surface area (Å²) in [5, 5.41) is 8.17. The fourth-order valence-electron chi connectivity index (χ4n) is 9.73. The predicted molar refractivity (Wildman–Crippen MR) is 247 cm³/mol. The summed E-state index contributed by atoms with van der Waals surface area (Å²) in [6.07, 6.45) is 4.76. The molecule has 4 aromatic rings. The van der Waals surface area contributed by atoms with Gasteiger partial charge in [-0.15, -0.1) is 0 Å². The van der Waals surface area contributed by atoms with E-state index in [1.165, 1.54) is 21.9 Å². The van der Waals surface area contributed by atoms with Gasteiger partial charge in [-0.1, -0.05) is 55.0 Å². The third-order valence-corrected chi connectivity index (χ3v) is 14.3. The molecular weight excluding hydrogens is 916 g/mol. The van der Waals surface area contributed by atoms with E-state index in [1.54, 1.807) is 23.6 Å². The van der Waals surface area contributed by atoms with E-state index in [1.807, 2.05) is 24.3 Å². The van der Waals surface area contributed by atoms with Gasteiger partial charge in [0.2, 0.25) is 29.5 Å². The van der Waals surface area contributed by atoms with Crippen molar-refractivity contribution >= 4 is 65.5 Å². The van der Waals surface area contributed by atoms with Gasteiger partial charge in [0.1, 0.15) is 23.8 Å². The van der Waals surface area contributed by atoms with Gasteiger partial charge in [0, 0.05) is 72.4 Å². The van der Waals surface area contributed by atoms with Crippen molar-refractivity contribution in [3.8, 4) is 11.8 Å². The lowest BCUT2D eigenvalue weighted by Crippen LogP contribution is -2.55. The van der Waals surface area contributed by atoms with Crippen LogP contribution in [0.4, 0.5) is 14.5 Å². The topological polar surface area (TPSA) is 251 Å². The number of imide groups is 1. The number of aryl methyl sites for hydroxylation is 2. The molecule has 4 atom stereocenters. The molecule has 69 heavy (non-hydrogen) atoms. The molecule has 17 nitrogen and oxygen atoms in total. The zero-order valence-electron chi connectivity index (χ0n) is 37.8. The minimum absolute atomic E-state index is 0.0341. The number of nitrogens with two attached hydrogens (primary N) is 1. The van der Waals surface area contributed by atoms with Crippen molar-refractivity contribution in [2.24, 2.45) is 5.73 Å². The summed E-state index contributed by atoms with van der Waals surface area (Å²) in [7, 11) is -5.91. The van der Waals surface area contributed by atoms with Crippen LogP contribution in [0.1, 0.15) is 120 Å². The molecule has 0 bridgehead atoms. The SMILES string of the molecule is C[C@H](CCC(N)=O)NC(=O)[C@@H]1Cc2cccc3c2N1C(=O)[C@@H](NC(=O)c1cc2cc(C(F)(F)P(=O)(O)O)ccc2n1CCCCCCC#Cc1cccc2c1CN(C1CCC(=O)NC1=O)C2=O)CC3. The number of benzene rings is 3. The minimum atomic E-state index is -5.91. The van der Waals surface area contributed by atoms with Crippen molar-refractivity contribution in [2.45, 2.75) is 127 Å². The van der Waals surface area contributed by atoms with Crippen molar-refractivity contribution in [1.29, 1.82) is 0 Å². The summed E-state index contributed by atoms with van der Waals surface area (Å²) < 4.78 is 43.3. The second-order valence-corrected chi connectivity index (χ2v) is 19.7. The first kappa shape index (κ1) is 48.7. The maximum atomic E-state index is 14.9. The third kappa shape index (κ3) is 9.92. The highest BCUT2D eigenvalue weighted by Gasteiger charge is 2.51. The first-order valence-electron chi connectivity index (χ1n) is 23.0. The fourth-order valence-corrected chi connectivity index (χ4v) is 10.2. The Morgan fingerprint density at radius 1 is 0.971 bits per heavy atom. The van der Waals surface area contributed by atoms with Crippen LogP contribution in [0, 0.1) is 11.8 Å². The number of para-hydroxylation sites is 1. The van der Waals surface area contributed by atoms with Gasteiger partial charge in [0.15, 0.2) is 0 Å². The monoisotopic (exact) mass is 967 g/mol. The number of rotatable bonds is 16. The normalized spacial score (nSPS) is 19.3. The fraction of sp³-hybridized carbons (Fsp3) is 0.408. The number of fused-ring (bicyclic) bond motifs is 2. The maximum absolute atomic E-state index is 14.9. The molecule has 5 heterocycles. The van der Waals surface area contributed by atoms with Crippen molar-refractivity contribution in [3.63, 3.8) is 0 Å². The Morgan fingerprint density at radius 3 is 2.48 bits per heavy atom. The second-order valence-electron chi connectivity index (χ2n) is 18.1. The van der Waals surface area contributed by atoms with Crippen LogP contribution in [0.2, 0.25) is 0 Å². The molecule has 7 amide bonds. The lowest BCUT2D eigenvalue weighted by molar-refractivity contribution is -0.137. The number of piperidine rings is 1. The van der Waals surface area contributed by atoms with E-state index in [-0.39, 0.29) is 68.1 Å². The summed E-state index contributed by atoms with van der Waals surface area (Å²) in [6.45, 7) is 2.19. The van der Waals surface area contributed by atoms with Crippen LogP contribution in [0.25, 0.3) is 10.9 Å². The number of primary amides is 1. The molecule has 0 radical (unpaired) electrons. The Morgan fingerprint density at radius 2 is 1.72 bits per heavy atom. The van der Waals surface area contributed by atoms with Gasteiger partial charge >= 0.3 is 13.3 Å². The standard InChI is InChI=1S/C49H52F2N7O10P/c1-28(15-21-41(52)59)53-46(63)40-25-31-13-8-12-30-16-18-36(48(65)58(40)43(30)31)54-45(62)39-26-32-24-33(49(50,51)69(66,67)68)17-19-37(32)56(39)23-7-5-3-2-4-6-10-29-11-9-14-34-35(29)27-57(47(34)64)38-20-22-42(60)55-44(38)61/h8-9,11-14,17,19,24,26,28,36,38,40H,2-5,7,15-16,18,20-23,25,27H2,1H3,(H2,52,59)(H,53,63)(H,54,62)(H,55,60,61)(H2,66,67,68)/t28-,36+,38?,40+/m1/s1. The summed E-state index contributed by atoms with van der Waals surface area (Å²) >= 11 is 0. The van der Waals surface area contributed by atoms with E-state index in [0.717, 1.165) is 35.2 Å². The van der Waals surface area contributed by atoms with Crippen LogP contribution >= 0.6 is 7.60 Å². The Hall–Kier alpha value is -6.74. The highest BCUT2D eigenvalue weighted by Crippen LogP contribution is 2.59. The summed E-state index contributed by atoms with van der Waals surface area (Å²) in [6, 6.07) is 12.1. The van der Waals surface area contributed by atoms with Crippen molar-refractivity contribution in [1.82, 2.24) is 25.4 Å². The molecular formula is C49H52F2N7O10P. The van der Waals surface area contributed by atoms with Crippen LogP contribution in [0.5, 0.6) is 0 Å². The average Bonchev–Trinajstić information content (AvgIpc) is 3.96. The lowest BCUT2D eigenvalue weighted by atomic mass is 10.0. The zero-order chi connectivity index (χ0) is 49.4. The number of carbonyl (C=O) groups is 7. The van der Waals surface area contributed by atoms with E-state index < -0.39 is 72.5 Å². The molecule has 20 heteroatoms. The quantitative estimate of drug-likeness (QED) is 0.0400. The first-order chi connectivity index (χ1) is 32.8. The number of hydrogen-bond acceptors (Lipinski definition) is 8. The van der Waals surface area contributed by atoms with E-state index in [0.29, 0.717) is 60.9 Å². The van der Waals surface area contributed by atoms with Crippen LogP contribution in [0.15, 0.2) is 60.7 Å². The van der Waals surface area contributed by atoms with Gasteiger partial charge in [-0.3, -0.25) is 48.3 Å². The highest BCUT2D eigenvalue weighted by molar-refractivity contribution is 7.52. The largest absolute Gasteiger partial charge is 0.399 e. The Bertz CT molecular complexity index is 2900. The van der Waals surface area contributed by atoms with E-state index in [9.17, 15) is 56.7 Å². The van der Waals surface area contributed by atoms with Crippen molar-refractivity contribution in [2.75, 3.05) is 4.90 Å². The van der Waals surface area contributed by atoms with Gasteiger partial charge in [-0.2, -0.15) is 8.78 Å². The van der Waals surface area contributed by atoms with Gasteiger partial charge < -0.3 is 35.6 Å². The second kappa shape index (κ2) is 19.7. The van der Waals surface area contributed by atoms with Crippen molar-refractivity contribution < 1.29 is 56.7 Å². The van der Waals surface area contributed by atoms with Crippen LogP contribution in [-0.4, -0.2) is 84.8 Å². The number of alkyl halides is 2. The zero-order valence-corrected chi connectivity index (χ0v) is 38.7. The smallest absolute Gasteiger partial charge is 0.370 e. The van der Waals surface area contributed by atoms with Crippen LogP contribution in [-0.2, 0) is 60.1 Å². The molecule has 0 spiro atoms. The number of nitrogens with zero attached hydrogens (tertiary/aromatic N) is 3. The first-order valence-corrected chi connectivity index (χ1v) is 24.6. The number of anilines is 1. The van der Waals surface area contributed by atoms with Gasteiger partial charge in [-0.05, 0) is 92.5 Å². The molecule has 1 unspecified atom stereocenters. The molecule has 362 valence electrons. The van der Waals surface area contributed by atoms with E-state index >= 15 is 0 Å². The minimum Gasteiger partial charge on any atom is -0.370 e. The number of amides is 7. The van der Waals surface area contributed by atoms with Crippen LogP contribution in [0.3, 0.4) is 0 Å². The van der Waals surface area contributed by atoms with Gasteiger partial charge in [-0.25, -0.2) is 0 Å².